The Kier molecular flexibility index (Phi) is 4.44. The van der Waals surface area contributed by atoms with Crippen LogP contribution in [0, 0.1) is 0 Å². The first-order chi connectivity index (χ1) is 9.63. The van der Waals surface area contributed by atoms with Crippen molar-refractivity contribution in [2.75, 3.05) is 18.0 Å². The number of nitrogens with one attached hydrogen (secondary N) is 1. The molecule has 2 nitrogen and oxygen atoms in total. The first-order valence-electron chi connectivity index (χ1n) is 7.60. The normalized spacial score (nSPS) is 25.4. The predicted molar refractivity (Wildman–Crippen MR) is 92.5 cm³/mol. The molecule has 1 aliphatic heterocycles. The third-order valence-electron chi connectivity index (χ3n) is 4.88. The number of halogens is 2. The van der Waals surface area contributed by atoms with Crippen molar-refractivity contribution < 1.29 is 0 Å². The van der Waals surface area contributed by atoms with Gasteiger partial charge in [0.05, 0.1) is 5.69 Å². The monoisotopic (exact) mass is 400 g/mol. The number of benzene rings is 1. The van der Waals surface area contributed by atoms with E-state index in [1.165, 1.54) is 42.3 Å². The summed E-state index contributed by atoms with van der Waals surface area (Å²) in [5, 5.41) is 3.86. The van der Waals surface area contributed by atoms with Gasteiger partial charge in [0, 0.05) is 33.6 Å². The molecule has 0 aromatic heterocycles. The summed E-state index contributed by atoms with van der Waals surface area (Å²) >= 11 is 7.35. The van der Waals surface area contributed by atoms with E-state index in [4.69, 9.17) is 0 Å². The molecule has 2 fully saturated rings. The van der Waals surface area contributed by atoms with E-state index >= 15 is 0 Å². The van der Waals surface area contributed by atoms with E-state index in [1.807, 2.05) is 0 Å². The van der Waals surface area contributed by atoms with Gasteiger partial charge in [-0.05, 0) is 53.4 Å². The summed E-state index contributed by atoms with van der Waals surface area (Å²) in [7, 11) is 0. The minimum absolute atomic E-state index is 0.355. The summed E-state index contributed by atoms with van der Waals surface area (Å²) in [5.74, 6) is 0. The average molecular weight is 402 g/mol. The summed E-state index contributed by atoms with van der Waals surface area (Å²) in [5.41, 5.74) is 1.69. The third kappa shape index (κ3) is 2.79. The maximum atomic E-state index is 3.86. The summed E-state index contributed by atoms with van der Waals surface area (Å²) in [4.78, 5) is 2.62. The molecule has 20 heavy (non-hydrogen) atoms. The fourth-order valence-corrected chi connectivity index (χ4v) is 4.52. The van der Waals surface area contributed by atoms with E-state index in [-0.39, 0.29) is 0 Å². The van der Waals surface area contributed by atoms with Gasteiger partial charge in [-0.1, -0.05) is 35.7 Å². The minimum Gasteiger partial charge on any atom is -0.364 e. The molecule has 1 saturated heterocycles. The second kappa shape index (κ2) is 5.98. The molecule has 1 spiro atoms. The van der Waals surface area contributed by atoms with Crippen LogP contribution >= 0.6 is 31.9 Å². The molecule has 1 aromatic rings. The Morgan fingerprint density at radius 3 is 2.75 bits per heavy atom. The number of rotatable bonds is 2. The van der Waals surface area contributed by atoms with Crippen molar-refractivity contribution in [3.8, 4) is 0 Å². The van der Waals surface area contributed by atoms with Crippen LogP contribution in [0.2, 0.25) is 0 Å². The molecule has 1 atom stereocenters. The topological polar surface area (TPSA) is 15.3 Å². The Bertz CT molecular complexity index is 483. The fourth-order valence-electron chi connectivity index (χ4n) is 3.69. The largest absolute Gasteiger partial charge is 0.364 e. The molecular weight excluding hydrogens is 380 g/mol. The molecule has 4 heteroatoms. The van der Waals surface area contributed by atoms with Gasteiger partial charge in [0.25, 0.3) is 0 Å². The molecule has 0 radical (unpaired) electrons. The van der Waals surface area contributed by atoms with Crippen molar-refractivity contribution in [2.24, 2.45) is 0 Å². The van der Waals surface area contributed by atoms with Crippen molar-refractivity contribution in [3.05, 3.63) is 27.1 Å². The van der Waals surface area contributed by atoms with Gasteiger partial charge in [0.15, 0.2) is 0 Å². The molecule has 110 valence electrons. The van der Waals surface area contributed by atoms with Gasteiger partial charge in [-0.2, -0.15) is 0 Å². The van der Waals surface area contributed by atoms with Crippen molar-refractivity contribution in [2.45, 2.75) is 50.6 Å². The molecule has 1 unspecified atom stereocenters. The molecule has 1 N–H and O–H groups in total. The highest BCUT2D eigenvalue weighted by Gasteiger charge is 2.41. The highest BCUT2D eigenvalue weighted by molar-refractivity contribution is 9.11. The quantitative estimate of drug-likeness (QED) is 0.771. The van der Waals surface area contributed by atoms with Crippen LogP contribution in [0.4, 0.5) is 5.69 Å². The second-order valence-corrected chi connectivity index (χ2v) is 7.92. The van der Waals surface area contributed by atoms with Gasteiger partial charge in [-0.15, -0.1) is 0 Å². The molecule has 0 bridgehead atoms. The molecule has 0 amide bonds. The van der Waals surface area contributed by atoms with E-state index in [2.05, 4.69) is 67.2 Å². The van der Waals surface area contributed by atoms with Crippen molar-refractivity contribution in [3.63, 3.8) is 0 Å². The second-order valence-electron chi connectivity index (χ2n) is 6.15. The van der Waals surface area contributed by atoms with Crippen molar-refractivity contribution in [1.82, 2.24) is 5.32 Å². The number of hydrogen-bond acceptors (Lipinski definition) is 2. The number of anilines is 1. The highest BCUT2D eigenvalue weighted by atomic mass is 79.9. The van der Waals surface area contributed by atoms with Gasteiger partial charge in [-0.25, -0.2) is 0 Å². The molecule has 1 heterocycles. The summed E-state index contributed by atoms with van der Waals surface area (Å²) in [6.45, 7) is 4.54. The van der Waals surface area contributed by atoms with Crippen molar-refractivity contribution >= 4 is 37.5 Å². The van der Waals surface area contributed by atoms with E-state index in [0.29, 0.717) is 11.6 Å². The average Bonchev–Trinajstić information content (AvgIpc) is 2.90. The molecule has 1 aliphatic carbocycles. The maximum Gasteiger partial charge on any atom is 0.0525 e. The SMILES string of the molecule is CCC1CNC2(CCCC2)CN1c1cc(Br)ccc1Br. The lowest BCUT2D eigenvalue weighted by atomic mass is 9.91. The Morgan fingerprint density at radius 1 is 1.30 bits per heavy atom. The van der Waals surface area contributed by atoms with Crippen LogP contribution in [0.5, 0.6) is 0 Å². The lowest BCUT2D eigenvalue weighted by molar-refractivity contribution is 0.267. The van der Waals surface area contributed by atoms with Gasteiger partial charge in [-0.3, -0.25) is 0 Å². The van der Waals surface area contributed by atoms with Crippen LogP contribution in [0.25, 0.3) is 0 Å². The Balaban J connectivity index is 1.92. The molecule has 1 aromatic carbocycles. The zero-order valence-corrected chi connectivity index (χ0v) is 15.1. The first-order valence-corrected chi connectivity index (χ1v) is 9.19. The van der Waals surface area contributed by atoms with Crippen molar-refractivity contribution in [1.29, 1.82) is 0 Å². The van der Waals surface area contributed by atoms with Crippen LogP contribution in [-0.2, 0) is 0 Å². The van der Waals surface area contributed by atoms with E-state index in [1.54, 1.807) is 0 Å². The Morgan fingerprint density at radius 2 is 2.05 bits per heavy atom. The third-order valence-corrected chi connectivity index (χ3v) is 6.04. The summed E-state index contributed by atoms with van der Waals surface area (Å²) in [6.07, 6.45) is 6.58. The Labute approximate surface area is 138 Å². The summed E-state index contributed by atoms with van der Waals surface area (Å²) in [6, 6.07) is 7.09. The van der Waals surface area contributed by atoms with Crippen LogP contribution in [0.1, 0.15) is 39.0 Å². The van der Waals surface area contributed by atoms with Crippen LogP contribution < -0.4 is 10.2 Å². The van der Waals surface area contributed by atoms with Gasteiger partial charge >= 0.3 is 0 Å². The van der Waals surface area contributed by atoms with E-state index in [0.717, 1.165) is 17.6 Å². The van der Waals surface area contributed by atoms with E-state index in [9.17, 15) is 0 Å². The van der Waals surface area contributed by atoms with E-state index < -0.39 is 0 Å². The summed E-state index contributed by atoms with van der Waals surface area (Å²) < 4.78 is 2.36. The lowest BCUT2D eigenvalue weighted by Gasteiger charge is -2.47. The molecule has 1 saturated carbocycles. The number of nitrogens with zero attached hydrogens (tertiary/aromatic N) is 1. The zero-order valence-electron chi connectivity index (χ0n) is 12.0. The minimum atomic E-state index is 0.355. The van der Waals surface area contributed by atoms with Gasteiger partial charge < -0.3 is 10.2 Å². The standard InChI is InChI=1S/C16H22Br2N2/c1-2-13-10-19-16(7-3-4-8-16)11-20(13)15-9-12(17)5-6-14(15)18/h5-6,9,13,19H,2-4,7-8,10-11H2,1H3. The fraction of sp³-hybridized carbons (Fsp3) is 0.625. The first kappa shape index (κ1) is 14.9. The van der Waals surface area contributed by atoms with Gasteiger partial charge in [0.2, 0.25) is 0 Å². The predicted octanol–water partition coefficient (Wildman–Crippen LogP) is 4.71. The van der Waals surface area contributed by atoms with Crippen LogP contribution in [0.15, 0.2) is 27.1 Å². The van der Waals surface area contributed by atoms with Crippen LogP contribution in [0.3, 0.4) is 0 Å². The molecular formula is C16H22Br2N2. The van der Waals surface area contributed by atoms with Gasteiger partial charge in [0.1, 0.15) is 0 Å². The number of hydrogen-bond donors (Lipinski definition) is 1. The lowest BCUT2D eigenvalue weighted by Crippen LogP contribution is -2.63. The molecule has 3 rings (SSSR count). The Hall–Kier alpha value is -0.0600. The maximum absolute atomic E-state index is 3.86. The smallest absolute Gasteiger partial charge is 0.0525 e. The zero-order chi connectivity index (χ0) is 14.2. The highest BCUT2D eigenvalue weighted by Crippen LogP contribution is 2.38. The molecule has 2 aliphatic rings. The van der Waals surface area contributed by atoms with Crippen LogP contribution in [-0.4, -0.2) is 24.7 Å². The number of piperazine rings is 1.